The lowest BCUT2D eigenvalue weighted by Crippen LogP contribution is -2.35. The van der Waals surface area contributed by atoms with E-state index in [1.807, 2.05) is 12.5 Å². The second kappa shape index (κ2) is 6.34. The third kappa shape index (κ3) is 3.12. The molecule has 1 aromatic heterocycles. The average molecular weight is 251 g/mol. The highest BCUT2D eigenvalue weighted by Crippen LogP contribution is 2.27. The summed E-state index contributed by atoms with van der Waals surface area (Å²) in [6.45, 7) is 5.30. The number of aromatic nitrogens is 2. The molecule has 0 spiro atoms. The summed E-state index contributed by atoms with van der Waals surface area (Å²) in [5.41, 5.74) is 1.32. The van der Waals surface area contributed by atoms with Crippen molar-refractivity contribution < 1.29 is 4.74 Å². The number of hydrogen-bond donors (Lipinski definition) is 1. The molecule has 1 aromatic rings. The van der Waals surface area contributed by atoms with Crippen molar-refractivity contribution in [1.82, 2.24) is 14.9 Å². The summed E-state index contributed by atoms with van der Waals surface area (Å²) in [4.78, 5) is 4.33. The van der Waals surface area contributed by atoms with Gasteiger partial charge in [0, 0.05) is 38.0 Å². The number of hydrogen-bond acceptors (Lipinski definition) is 3. The van der Waals surface area contributed by atoms with Gasteiger partial charge in [-0.2, -0.15) is 0 Å². The van der Waals surface area contributed by atoms with Gasteiger partial charge in [0.2, 0.25) is 0 Å². The Kier molecular flexibility index (Phi) is 4.78. The number of rotatable bonds is 5. The number of methoxy groups -OCH3 is 1. The molecule has 1 aliphatic heterocycles. The monoisotopic (exact) mass is 251 g/mol. The number of ether oxygens (including phenoxy) is 1. The fourth-order valence-corrected chi connectivity index (χ4v) is 2.75. The Bertz CT molecular complexity index is 364. The van der Waals surface area contributed by atoms with Crippen molar-refractivity contribution in [2.75, 3.05) is 13.7 Å². The summed E-state index contributed by atoms with van der Waals surface area (Å²) in [7, 11) is 1.76. The lowest BCUT2D eigenvalue weighted by Gasteiger charge is -2.30. The van der Waals surface area contributed by atoms with E-state index in [1.54, 1.807) is 7.11 Å². The van der Waals surface area contributed by atoms with Crippen molar-refractivity contribution in [3.8, 4) is 0 Å². The van der Waals surface area contributed by atoms with Gasteiger partial charge in [-0.1, -0.05) is 0 Å². The van der Waals surface area contributed by atoms with Gasteiger partial charge in [-0.15, -0.1) is 0 Å². The number of nitrogens with zero attached hydrogens (tertiary/aromatic N) is 2. The van der Waals surface area contributed by atoms with Gasteiger partial charge in [0.05, 0.1) is 12.0 Å². The van der Waals surface area contributed by atoms with Crippen LogP contribution >= 0.6 is 0 Å². The molecular weight excluding hydrogens is 226 g/mol. The molecule has 0 aromatic carbocycles. The molecule has 3 atom stereocenters. The molecule has 2 rings (SSSR count). The quantitative estimate of drug-likeness (QED) is 0.874. The molecule has 2 heterocycles. The fourth-order valence-electron chi connectivity index (χ4n) is 2.75. The predicted molar refractivity (Wildman–Crippen MR) is 72.6 cm³/mol. The van der Waals surface area contributed by atoms with E-state index in [1.165, 1.54) is 25.0 Å². The number of nitrogens with one attached hydrogen (secondary N) is 1. The lowest BCUT2D eigenvalue weighted by atomic mass is 9.97. The Morgan fingerprint density at radius 1 is 1.56 bits per heavy atom. The predicted octanol–water partition coefficient (Wildman–Crippen LogP) is 2.68. The van der Waals surface area contributed by atoms with Crippen molar-refractivity contribution in [2.24, 2.45) is 0 Å². The molecule has 0 radical (unpaired) electrons. The molecule has 0 bridgehead atoms. The van der Waals surface area contributed by atoms with Gasteiger partial charge in [0.1, 0.15) is 0 Å². The summed E-state index contributed by atoms with van der Waals surface area (Å²) in [5, 5.41) is 3.68. The summed E-state index contributed by atoms with van der Waals surface area (Å²) in [6, 6.07) is 1.52. The van der Waals surface area contributed by atoms with Gasteiger partial charge in [-0.3, -0.25) is 0 Å². The van der Waals surface area contributed by atoms with Crippen LogP contribution in [0.5, 0.6) is 0 Å². The van der Waals surface area contributed by atoms with E-state index in [2.05, 4.69) is 28.7 Å². The molecule has 3 unspecified atom stereocenters. The zero-order valence-corrected chi connectivity index (χ0v) is 11.7. The molecule has 1 aliphatic rings. The van der Waals surface area contributed by atoms with Crippen LogP contribution in [0, 0.1) is 0 Å². The Hall–Kier alpha value is -0.870. The van der Waals surface area contributed by atoms with Crippen LogP contribution in [0.15, 0.2) is 12.5 Å². The Morgan fingerprint density at radius 2 is 2.39 bits per heavy atom. The second-order valence-corrected chi connectivity index (χ2v) is 5.41. The standard InChI is InChI=1S/C14H25N3O/c1-11-5-4-6-13(16-11)14-9-15-10-17(14)12(2)7-8-18-3/h9-13,16H,4-8H2,1-3H3. The molecule has 1 saturated heterocycles. The van der Waals surface area contributed by atoms with Crippen LogP contribution in [0.4, 0.5) is 0 Å². The minimum atomic E-state index is 0.446. The summed E-state index contributed by atoms with van der Waals surface area (Å²) >= 11 is 0. The van der Waals surface area contributed by atoms with Crippen molar-refractivity contribution in [3.63, 3.8) is 0 Å². The van der Waals surface area contributed by atoms with Crippen LogP contribution in [0.3, 0.4) is 0 Å². The van der Waals surface area contributed by atoms with E-state index in [9.17, 15) is 0 Å². The van der Waals surface area contributed by atoms with E-state index >= 15 is 0 Å². The van der Waals surface area contributed by atoms with Crippen LogP contribution in [0.25, 0.3) is 0 Å². The van der Waals surface area contributed by atoms with E-state index in [4.69, 9.17) is 4.74 Å². The topological polar surface area (TPSA) is 39.1 Å². The molecular formula is C14H25N3O. The molecule has 0 saturated carbocycles. The summed E-state index contributed by atoms with van der Waals surface area (Å²) in [5.74, 6) is 0. The highest BCUT2D eigenvalue weighted by atomic mass is 16.5. The third-order valence-electron chi connectivity index (χ3n) is 3.88. The number of piperidine rings is 1. The fraction of sp³-hybridized carbons (Fsp3) is 0.786. The van der Waals surface area contributed by atoms with Crippen molar-refractivity contribution >= 4 is 0 Å². The maximum absolute atomic E-state index is 5.16. The van der Waals surface area contributed by atoms with E-state index in [-0.39, 0.29) is 0 Å². The Morgan fingerprint density at radius 3 is 3.11 bits per heavy atom. The zero-order chi connectivity index (χ0) is 13.0. The first-order chi connectivity index (χ1) is 8.72. The van der Waals surface area contributed by atoms with Crippen LogP contribution in [0.2, 0.25) is 0 Å². The molecule has 18 heavy (non-hydrogen) atoms. The van der Waals surface area contributed by atoms with Gasteiger partial charge in [0.25, 0.3) is 0 Å². The largest absolute Gasteiger partial charge is 0.385 e. The highest BCUT2D eigenvalue weighted by Gasteiger charge is 2.23. The van der Waals surface area contributed by atoms with Gasteiger partial charge < -0.3 is 14.6 Å². The zero-order valence-electron chi connectivity index (χ0n) is 11.7. The normalized spacial score (nSPS) is 26.2. The molecule has 0 aliphatic carbocycles. The van der Waals surface area contributed by atoms with Gasteiger partial charge in [0.15, 0.2) is 0 Å². The first kappa shape index (κ1) is 13.6. The first-order valence-electron chi connectivity index (χ1n) is 6.99. The molecule has 1 fully saturated rings. The minimum Gasteiger partial charge on any atom is -0.385 e. The second-order valence-electron chi connectivity index (χ2n) is 5.41. The van der Waals surface area contributed by atoms with Gasteiger partial charge in [-0.25, -0.2) is 4.98 Å². The molecule has 0 amide bonds. The van der Waals surface area contributed by atoms with Crippen LogP contribution in [0.1, 0.15) is 57.3 Å². The van der Waals surface area contributed by atoms with Gasteiger partial charge >= 0.3 is 0 Å². The van der Waals surface area contributed by atoms with E-state index < -0.39 is 0 Å². The Balaban J connectivity index is 2.06. The lowest BCUT2D eigenvalue weighted by molar-refractivity contribution is 0.179. The molecule has 4 heteroatoms. The highest BCUT2D eigenvalue weighted by molar-refractivity contribution is 5.08. The van der Waals surface area contributed by atoms with Crippen molar-refractivity contribution in [1.29, 1.82) is 0 Å². The minimum absolute atomic E-state index is 0.446. The first-order valence-corrected chi connectivity index (χ1v) is 6.99. The van der Waals surface area contributed by atoms with E-state index in [0.717, 1.165) is 13.0 Å². The smallest absolute Gasteiger partial charge is 0.0951 e. The van der Waals surface area contributed by atoms with Crippen LogP contribution < -0.4 is 5.32 Å². The van der Waals surface area contributed by atoms with Crippen LogP contribution in [-0.4, -0.2) is 29.3 Å². The molecule has 102 valence electrons. The summed E-state index contributed by atoms with van der Waals surface area (Å²) in [6.07, 6.45) is 8.80. The number of imidazole rings is 1. The van der Waals surface area contributed by atoms with Crippen molar-refractivity contribution in [3.05, 3.63) is 18.2 Å². The molecule has 1 N–H and O–H groups in total. The van der Waals surface area contributed by atoms with Crippen LogP contribution in [-0.2, 0) is 4.74 Å². The third-order valence-corrected chi connectivity index (χ3v) is 3.88. The maximum atomic E-state index is 5.16. The summed E-state index contributed by atoms with van der Waals surface area (Å²) < 4.78 is 7.46. The Labute approximate surface area is 110 Å². The van der Waals surface area contributed by atoms with Crippen molar-refractivity contribution in [2.45, 2.75) is 57.7 Å². The average Bonchev–Trinajstić information content (AvgIpc) is 2.85. The van der Waals surface area contributed by atoms with E-state index in [0.29, 0.717) is 18.1 Å². The molecule has 4 nitrogen and oxygen atoms in total. The SMILES string of the molecule is COCCC(C)n1cncc1C1CCCC(C)N1. The maximum Gasteiger partial charge on any atom is 0.0951 e. The van der Waals surface area contributed by atoms with Gasteiger partial charge in [-0.05, 0) is 39.5 Å².